The predicted octanol–water partition coefficient (Wildman–Crippen LogP) is 2.91. The van der Waals surface area contributed by atoms with Gasteiger partial charge < -0.3 is 9.72 Å². The first-order valence-corrected chi connectivity index (χ1v) is 7.76. The molecular formula is C17H20N2O. The molecule has 0 amide bonds. The molecule has 3 nitrogen and oxygen atoms in total. The SMILES string of the molecule is COc1ccc2c3c([nH]c2c1)C1CC2CC1N(CC3)C2. The average molecular weight is 268 g/mol. The molecule has 1 N–H and O–H groups in total. The van der Waals surface area contributed by atoms with Gasteiger partial charge in [0.2, 0.25) is 0 Å². The van der Waals surface area contributed by atoms with Crippen LogP contribution in [0.5, 0.6) is 5.75 Å². The van der Waals surface area contributed by atoms with Crippen molar-refractivity contribution in [3.63, 3.8) is 0 Å². The Morgan fingerprint density at radius 1 is 1.30 bits per heavy atom. The summed E-state index contributed by atoms with van der Waals surface area (Å²) in [6.45, 7) is 2.58. The van der Waals surface area contributed by atoms with Gasteiger partial charge in [-0.1, -0.05) is 0 Å². The second-order valence-electron chi connectivity index (χ2n) is 6.68. The monoisotopic (exact) mass is 268 g/mol. The van der Waals surface area contributed by atoms with Gasteiger partial charge in [-0.15, -0.1) is 0 Å². The second kappa shape index (κ2) is 3.79. The zero-order chi connectivity index (χ0) is 13.3. The van der Waals surface area contributed by atoms with Crippen LogP contribution in [0.1, 0.15) is 30.0 Å². The third-order valence-electron chi connectivity index (χ3n) is 5.75. The Balaban J connectivity index is 1.70. The Morgan fingerprint density at radius 3 is 3.10 bits per heavy atom. The van der Waals surface area contributed by atoms with Crippen LogP contribution >= 0.6 is 0 Å². The van der Waals surface area contributed by atoms with Crippen LogP contribution in [0.3, 0.4) is 0 Å². The minimum absolute atomic E-state index is 0.740. The maximum Gasteiger partial charge on any atom is 0.120 e. The molecule has 1 saturated heterocycles. The number of piperidine rings is 1. The molecule has 3 atom stereocenters. The number of nitrogens with one attached hydrogen (secondary N) is 1. The highest BCUT2D eigenvalue weighted by atomic mass is 16.5. The Labute approximate surface area is 118 Å². The molecule has 0 radical (unpaired) electrons. The number of H-pyrrole nitrogens is 1. The second-order valence-corrected chi connectivity index (χ2v) is 6.68. The largest absolute Gasteiger partial charge is 0.497 e. The van der Waals surface area contributed by atoms with Gasteiger partial charge in [-0.2, -0.15) is 0 Å². The molecule has 0 spiro atoms. The number of methoxy groups -OCH3 is 1. The maximum absolute atomic E-state index is 5.36. The van der Waals surface area contributed by atoms with E-state index in [2.05, 4.69) is 28.1 Å². The molecule has 1 aromatic carbocycles. The first-order chi connectivity index (χ1) is 9.83. The fourth-order valence-electron chi connectivity index (χ4n) is 4.93. The first kappa shape index (κ1) is 11.2. The summed E-state index contributed by atoms with van der Waals surface area (Å²) in [4.78, 5) is 6.47. The molecule has 1 aromatic heterocycles. The molecule has 3 unspecified atom stereocenters. The van der Waals surface area contributed by atoms with Crippen LogP contribution in [-0.4, -0.2) is 36.1 Å². The minimum atomic E-state index is 0.740. The summed E-state index contributed by atoms with van der Waals surface area (Å²) in [7, 11) is 1.74. The van der Waals surface area contributed by atoms with Gasteiger partial charge in [-0.05, 0) is 42.9 Å². The summed E-state index contributed by atoms with van der Waals surface area (Å²) >= 11 is 0. The lowest BCUT2D eigenvalue weighted by Crippen LogP contribution is -2.36. The molecule has 5 rings (SSSR count). The highest BCUT2D eigenvalue weighted by Gasteiger charge is 2.47. The van der Waals surface area contributed by atoms with Crippen molar-refractivity contribution in [1.82, 2.24) is 9.88 Å². The van der Waals surface area contributed by atoms with Gasteiger partial charge in [0.15, 0.2) is 0 Å². The average Bonchev–Trinajstić information content (AvgIpc) is 3.14. The number of rotatable bonds is 1. The van der Waals surface area contributed by atoms with Crippen molar-refractivity contribution in [3.05, 3.63) is 29.5 Å². The first-order valence-electron chi connectivity index (χ1n) is 7.76. The van der Waals surface area contributed by atoms with Crippen molar-refractivity contribution in [2.75, 3.05) is 20.2 Å². The molecule has 2 bridgehead atoms. The van der Waals surface area contributed by atoms with Crippen LogP contribution in [-0.2, 0) is 6.42 Å². The van der Waals surface area contributed by atoms with Crippen LogP contribution in [0, 0.1) is 5.92 Å². The van der Waals surface area contributed by atoms with Crippen LogP contribution in [0.4, 0.5) is 0 Å². The molecule has 104 valence electrons. The van der Waals surface area contributed by atoms with E-state index in [0.29, 0.717) is 0 Å². The van der Waals surface area contributed by atoms with E-state index < -0.39 is 0 Å². The normalized spacial score (nSPS) is 31.6. The van der Waals surface area contributed by atoms with Crippen molar-refractivity contribution in [3.8, 4) is 5.75 Å². The van der Waals surface area contributed by atoms with Crippen LogP contribution < -0.4 is 4.74 Å². The van der Waals surface area contributed by atoms with Crippen LogP contribution in [0.25, 0.3) is 10.9 Å². The number of ether oxygens (including phenoxy) is 1. The summed E-state index contributed by atoms with van der Waals surface area (Å²) in [6, 6.07) is 7.28. The molecule has 1 aliphatic carbocycles. The van der Waals surface area contributed by atoms with E-state index in [4.69, 9.17) is 4.74 Å². The number of nitrogens with zero attached hydrogens (tertiary/aromatic N) is 1. The van der Waals surface area contributed by atoms with Gasteiger partial charge in [0.25, 0.3) is 0 Å². The topological polar surface area (TPSA) is 28.3 Å². The molecule has 2 aromatic rings. The number of hydrogen-bond acceptors (Lipinski definition) is 2. The molecule has 3 aliphatic rings. The van der Waals surface area contributed by atoms with Crippen molar-refractivity contribution >= 4 is 10.9 Å². The Morgan fingerprint density at radius 2 is 2.25 bits per heavy atom. The molecule has 3 heterocycles. The lowest BCUT2D eigenvalue weighted by atomic mass is 9.93. The van der Waals surface area contributed by atoms with E-state index in [1.807, 2.05) is 0 Å². The fraction of sp³-hybridized carbons (Fsp3) is 0.529. The van der Waals surface area contributed by atoms with E-state index in [1.165, 1.54) is 48.9 Å². The van der Waals surface area contributed by atoms with Crippen LogP contribution in [0.2, 0.25) is 0 Å². The van der Waals surface area contributed by atoms with Gasteiger partial charge in [0, 0.05) is 47.7 Å². The zero-order valence-corrected chi connectivity index (χ0v) is 11.9. The minimum Gasteiger partial charge on any atom is -0.497 e. The molecule has 20 heavy (non-hydrogen) atoms. The molecule has 3 heteroatoms. The lowest BCUT2D eigenvalue weighted by Gasteiger charge is -2.30. The Kier molecular flexibility index (Phi) is 2.12. The summed E-state index contributed by atoms with van der Waals surface area (Å²) in [5, 5.41) is 1.41. The highest BCUT2D eigenvalue weighted by molar-refractivity contribution is 5.86. The third kappa shape index (κ3) is 1.34. The zero-order valence-electron chi connectivity index (χ0n) is 11.9. The van der Waals surface area contributed by atoms with Gasteiger partial charge >= 0.3 is 0 Å². The number of aromatic amines is 1. The number of aromatic nitrogens is 1. The quantitative estimate of drug-likeness (QED) is 0.861. The summed E-state index contributed by atoms with van der Waals surface area (Å²) in [5.41, 5.74) is 4.36. The fourth-order valence-corrected chi connectivity index (χ4v) is 4.93. The van der Waals surface area contributed by atoms with E-state index in [0.717, 1.165) is 23.6 Å². The lowest BCUT2D eigenvalue weighted by molar-refractivity contribution is 0.201. The maximum atomic E-state index is 5.36. The number of hydrogen-bond donors (Lipinski definition) is 1. The van der Waals surface area contributed by atoms with Gasteiger partial charge in [-0.3, -0.25) is 4.90 Å². The molecule has 1 saturated carbocycles. The van der Waals surface area contributed by atoms with Crippen molar-refractivity contribution < 1.29 is 4.74 Å². The van der Waals surface area contributed by atoms with E-state index >= 15 is 0 Å². The number of fused-ring (bicyclic) bond motifs is 5. The number of benzene rings is 1. The Bertz CT molecular complexity index is 690. The third-order valence-corrected chi connectivity index (χ3v) is 5.75. The molecular weight excluding hydrogens is 248 g/mol. The van der Waals surface area contributed by atoms with Crippen molar-refractivity contribution in [2.24, 2.45) is 5.92 Å². The molecule has 2 aliphatic heterocycles. The van der Waals surface area contributed by atoms with E-state index in [1.54, 1.807) is 12.7 Å². The highest BCUT2D eigenvalue weighted by Crippen LogP contribution is 2.50. The van der Waals surface area contributed by atoms with E-state index in [9.17, 15) is 0 Å². The smallest absolute Gasteiger partial charge is 0.120 e. The molecule has 2 fully saturated rings. The van der Waals surface area contributed by atoms with Crippen molar-refractivity contribution in [2.45, 2.75) is 31.2 Å². The van der Waals surface area contributed by atoms with E-state index in [-0.39, 0.29) is 0 Å². The van der Waals surface area contributed by atoms with Crippen LogP contribution in [0.15, 0.2) is 18.2 Å². The van der Waals surface area contributed by atoms with Gasteiger partial charge in [0.05, 0.1) is 7.11 Å². The summed E-state index contributed by atoms with van der Waals surface area (Å²) in [6.07, 6.45) is 4.00. The predicted molar refractivity (Wildman–Crippen MR) is 79.4 cm³/mol. The summed E-state index contributed by atoms with van der Waals surface area (Å²) < 4.78 is 5.36. The van der Waals surface area contributed by atoms with Crippen molar-refractivity contribution in [1.29, 1.82) is 0 Å². The van der Waals surface area contributed by atoms with Gasteiger partial charge in [0.1, 0.15) is 5.75 Å². The van der Waals surface area contributed by atoms with Gasteiger partial charge in [-0.25, -0.2) is 0 Å². The summed E-state index contributed by atoms with van der Waals surface area (Å²) in [5.74, 6) is 2.63. The standard InChI is InChI=1S/C17H20N2O/c1-20-11-2-3-12-13-4-5-19-9-10-6-14(16(19)7-10)17(13)18-15(12)8-11/h2-3,8,10,14,16,18H,4-7,9H2,1H3. The Hall–Kier alpha value is -1.48.